The second-order valence-corrected chi connectivity index (χ2v) is 12.8. The summed E-state index contributed by atoms with van der Waals surface area (Å²) in [5.74, 6) is 0.838. The number of benzene rings is 4. The van der Waals surface area contributed by atoms with E-state index in [0.717, 1.165) is 19.7 Å². The Morgan fingerprint density at radius 2 is 1.60 bits per heavy atom. The molecule has 1 N–H and O–H groups in total. The van der Waals surface area contributed by atoms with Gasteiger partial charge in [-0.1, -0.05) is 35.9 Å². The van der Waals surface area contributed by atoms with E-state index in [-0.39, 0.29) is 4.90 Å². The van der Waals surface area contributed by atoms with E-state index in [1.54, 1.807) is 66.4 Å². The third-order valence-corrected chi connectivity index (χ3v) is 9.77. The third kappa shape index (κ3) is 7.75. The molecular formula is C30H29ClN2O4S3. The summed E-state index contributed by atoms with van der Waals surface area (Å²) in [7, 11) is -4.05. The molecule has 0 unspecified atom stereocenters. The Morgan fingerprint density at radius 3 is 2.25 bits per heavy atom. The number of nitrogens with zero attached hydrogens (tertiary/aromatic N) is 1. The molecule has 0 radical (unpaired) electrons. The van der Waals surface area contributed by atoms with Crippen LogP contribution in [-0.4, -0.2) is 33.7 Å². The van der Waals surface area contributed by atoms with E-state index in [1.807, 2.05) is 55.6 Å². The van der Waals surface area contributed by atoms with Crippen molar-refractivity contribution in [3.63, 3.8) is 0 Å². The second kappa shape index (κ2) is 14.0. The first-order chi connectivity index (χ1) is 19.3. The molecule has 0 fully saturated rings. The highest BCUT2D eigenvalue weighted by Gasteiger charge is 2.27. The normalized spacial score (nSPS) is 11.2. The molecule has 1 amide bonds. The van der Waals surface area contributed by atoms with E-state index < -0.39 is 22.5 Å². The first-order valence-electron chi connectivity index (χ1n) is 12.5. The number of halogens is 1. The highest BCUT2D eigenvalue weighted by molar-refractivity contribution is 7.99. The zero-order chi connectivity index (χ0) is 28.5. The van der Waals surface area contributed by atoms with Crippen LogP contribution in [0.3, 0.4) is 0 Å². The Bertz CT molecular complexity index is 1530. The number of thioether (sulfide) groups is 2. The van der Waals surface area contributed by atoms with Crippen molar-refractivity contribution in [3.8, 4) is 5.75 Å². The Kier molecular flexibility index (Phi) is 10.4. The molecule has 0 aliphatic heterocycles. The Morgan fingerprint density at radius 1 is 0.925 bits per heavy atom. The van der Waals surface area contributed by atoms with Crippen LogP contribution < -0.4 is 14.4 Å². The van der Waals surface area contributed by atoms with E-state index in [9.17, 15) is 13.2 Å². The van der Waals surface area contributed by atoms with Gasteiger partial charge in [-0.05, 0) is 91.5 Å². The van der Waals surface area contributed by atoms with Crippen LogP contribution in [0.15, 0.2) is 112 Å². The fourth-order valence-electron chi connectivity index (χ4n) is 3.82. The van der Waals surface area contributed by atoms with E-state index >= 15 is 0 Å². The van der Waals surface area contributed by atoms with E-state index in [2.05, 4.69) is 5.32 Å². The quantitative estimate of drug-likeness (QED) is 0.166. The molecule has 4 aromatic rings. The van der Waals surface area contributed by atoms with Gasteiger partial charge in [-0.15, -0.1) is 23.5 Å². The van der Waals surface area contributed by atoms with Crippen LogP contribution in [0.5, 0.6) is 5.75 Å². The number of nitrogens with one attached hydrogen (secondary N) is 1. The van der Waals surface area contributed by atoms with Crippen molar-refractivity contribution in [2.45, 2.75) is 27.4 Å². The molecule has 0 aliphatic rings. The van der Waals surface area contributed by atoms with Crippen LogP contribution in [0.1, 0.15) is 12.5 Å². The predicted octanol–water partition coefficient (Wildman–Crippen LogP) is 7.59. The molecule has 0 bridgehead atoms. The van der Waals surface area contributed by atoms with Crippen LogP contribution in [-0.2, 0) is 20.6 Å². The Hall–Kier alpha value is -3.11. The minimum atomic E-state index is -4.05. The van der Waals surface area contributed by atoms with Crippen molar-refractivity contribution >= 4 is 62.4 Å². The number of anilines is 2. The van der Waals surface area contributed by atoms with E-state index in [4.69, 9.17) is 16.3 Å². The van der Waals surface area contributed by atoms with Gasteiger partial charge in [-0.3, -0.25) is 9.10 Å². The minimum absolute atomic E-state index is 0.103. The van der Waals surface area contributed by atoms with E-state index in [0.29, 0.717) is 34.5 Å². The van der Waals surface area contributed by atoms with Gasteiger partial charge in [0, 0.05) is 20.6 Å². The topological polar surface area (TPSA) is 75.7 Å². The second-order valence-electron chi connectivity index (χ2n) is 8.57. The molecule has 0 saturated heterocycles. The van der Waals surface area contributed by atoms with Crippen molar-refractivity contribution in [2.75, 3.05) is 29.0 Å². The SMILES string of the molecule is CCOc1ccc(N(CC(=O)Nc2ccccc2SCc2ccc(Cl)cc2)S(=O)(=O)c2ccc(SC)cc2)cc1. The largest absolute Gasteiger partial charge is 0.494 e. The fourth-order valence-corrected chi connectivity index (χ4v) is 6.74. The number of rotatable bonds is 12. The van der Waals surface area contributed by atoms with Gasteiger partial charge in [-0.2, -0.15) is 0 Å². The molecule has 6 nitrogen and oxygen atoms in total. The number of para-hydroxylation sites is 1. The first-order valence-corrected chi connectivity index (χ1v) is 16.5. The summed E-state index contributed by atoms with van der Waals surface area (Å²) in [5, 5.41) is 3.59. The Balaban J connectivity index is 1.57. The maximum absolute atomic E-state index is 13.8. The lowest BCUT2D eigenvalue weighted by Crippen LogP contribution is -2.38. The van der Waals surface area contributed by atoms with Crippen LogP contribution in [0.2, 0.25) is 5.02 Å². The van der Waals surface area contributed by atoms with Gasteiger partial charge >= 0.3 is 0 Å². The molecule has 4 aromatic carbocycles. The van der Waals surface area contributed by atoms with Crippen molar-refractivity contribution < 1.29 is 17.9 Å². The Labute approximate surface area is 249 Å². The number of amides is 1. The zero-order valence-electron chi connectivity index (χ0n) is 22.0. The molecule has 0 atom stereocenters. The van der Waals surface area contributed by atoms with Gasteiger partial charge in [0.1, 0.15) is 12.3 Å². The van der Waals surface area contributed by atoms with Crippen molar-refractivity contribution in [1.29, 1.82) is 0 Å². The number of sulfonamides is 1. The first kappa shape index (κ1) is 29.9. The monoisotopic (exact) mass is 612 g/mol. The van der Waals surface area contributed by atoms with Gasteiger partial charge in [0.2, 0.25) is 5.91 Å². The van der Waals surface area contributed by atoms with Crippen LogP contribution in [0.4, 0.5) is 11.4 Å². The summed E-state index contributed by atoms with van der Waals surface area (Å²) in [4.78, 5) is 15.3. The molecule has 4 rings (SSSR count). The molecule has 0 aliphatic carbocycles. The average Bonchev–Trinajstić information content (AvgIpc) is 2.97. The number of carbonyl (C=O) groups excluding carboxylic acids is 1. The van der Waals surface area contributed by atoms with Gasteiger partial charge in [0.15, 0.2) is 0 Å². The van der Waals surface area contributed by atoms with Gasteiger partial charge in [-0.25, -0.2) is 8.42 Å². The van der Waals surface area contributed by atoms with Crippen molar-refractivity contribution in [1.82, 2.24) is 0 Å². The molecule has 0 spiro atoms. The van der Waals surface area contributed by atoms with Gasteiger partial charge < -0.3 is 10.1 Å². The molecule has 0 aromatic heterocycles. The molecule has 10 heteroatoms. The van der Waals surface area contributed by atoms with Crippen molar-refractivity contribution in [2.24, 2.45) is 0 Å². The lowest BCUT2D eigenvalue weighted by molar-refractivity contribution is -0.114. The summed E-state index contributed by atoms with van der Waals surface area (Å²) in [6, 6.07) is 28.3. The lowest BCUT2D eigenvalue weighted by atomic mass is 10.2. The number of hydrogen-bond donors (Lipinski definition) is 1. The molecule has 0 heterocycles. The molecule has 0 saturated carbocycles. The van der Waals surface area contributed by atoms with Gasteiger partial charge in [0.25, 0.3) is 10.0 Å². The lowest BCUT2D eigenvalue weighted by Gasteiger charge is -2.24. The highest BCUT2D eigenvalue weighted by Crippen LogP contribution is 2.31. The summed E-state index contributed by atoms with van der Waals surface area (Å²) in [6.07, 6.45) is 1.92. The number of hydrogen-bond acceptors (Lipinski definition) is 6. The smallest absolute Gasteiger partial charge is 0.264 e. The zero-order valence-corrected chi connectivity index (χ0v) is 25.2. The molecule has 208 valence electrons. The van der Waals surface area contributed by atoms with Crippen LogP contribution in [0, 0.1) is 0 Å². The maximum Gasteiger partial charge on any atom is 0.264 e. The summed E-state index contributed by atoms with van der Waals surface area (Å²) in [5.41, 5.74) is 2.06. The molecule has 40 heavy (non-hydrogen) atoms. The number of carbonyl (C=O) groups is 1. The third-order valence-electron chi connectivity index (χ3n) is 5.84. The minimum Gasteiger partial charge on any atom is -0.494 e. The summed E-state index contributed by atoms with van der Waals surface area (Å²) < 4.78 is 34.2. The fraction of sp³-hybridized carbons (Fsp3) is 0.167. The average molecular weight is 613 g/mol. The highest BCUT2D eigenvalue weighted by atomic mass is 35.5. The summed E-state index contributed by atoms with van der Waals surface area (Å²) >= 11 is 9.09. The maximum atomic E-state index is 13.8. The van der Waals surface area contributed by atoms with E-state index in [1.165, 1.54) is 11.8 Å². The predicted molar refractivity (Wildman–Crippen MR) is 166 cm³/mol. The van der Waals surface area contributed by atoms with Crippen LogP contribution in [0.25, 0.3) is 0 Å². The standard InChI is InChI=1S/C30H29ClN2O4S3/c1-3-37-25-14-12-24(13-15-25)33(40(35,36)27-18-16-26(38-2)17-19-27)20-30(34)32-28-6-4-5-7-29(28)39-21-22-8-10-23(31)11-9-22/h4-19H,3,20-21H2,1-2H3,(H,32,34). The van der Waals surface area contributed by atoms with Gasteiger partial charge in [0.05, 0.1) is 22.9 Å². The molecular weight excluding hydrogens is 584 g/mol. The van der Waals surface area contributed by atoms with Crippen LogP contribution >= 0.6 is 35.1 Å². The summed E-state index contributed by atoms with van der Waals surface area (Å²) in [6.45, 7) is 1.95. The van der Waals surface area contributed by atoms with Crippen molar-refractivity contribution in [3.05, 3.63) is 108 Å². The number of ether oxygens (including phenoxy) is 1.